The predicted octanol–water partition coefficient (Wildman–Crippen LogP) is 4.64. The third-order valence-corrected chi connectivity index (χ3v) is 13.4. The molecule has 0 saturated carbocycles. The topological polar surface area (TPSA) is 0 Å². The van der Waals surface area contributed by atoms with E-state index in [1.807, 2.05) is 54.6 Å². The molecule has 0 aliphatic rings. The summed E-state index contributed by atoms with van der Waals surface area (Å²) in [6.45, 7) is 0. The van der Waals surface area contributed by atoms with Crippen LogP contribution >= 0.6 is 0 Å². The first-order chi connectivity index (χ1) is 15.0. The van der Waals surface area contributed by atoms with Gasteiger partial charge in [-0.2, -0.15) is 0 Å². The number of hydrogen-bond donors (Lipinski definition) is 0. The molecule has 0 saturated heterocycles. The zero-order valence-electron chi connectivity index (χ0n) is 16.1. The van der Waals surface area contributed by atoms with E-state index in [1.165, 1.54) is 5.21 Å². The molecule has 0 N–H and O–H groups in total. The van der Waals surface area contributed by atoms with Gasteiger partial charge in [0.05, 0.1) is 0 Å². The van der Waals surface area contributed by atoms with Gasteiger partial charge in [0, 0.05) is 0 Å². The first-order valence-electron chi connectivity index (χ1n) is 9.39. The van der Waals surface area contributed by atoms with E-state index < -0.39 is 48.2 Å². The van der Waals surface area contributed by atoms with Crippen LogP contribution in [0.15, 0.2) is 91.0 Å². The van der Waals surface area contributed by atoms with Crippen LogP contribution in [0, 0.1) is 34.3 Å². The molecule has 0 heterocycles. The first-order valence-corrected chi connectivity index (χ1v) is 13.3. The molecule has 4 aromatic carbocycles. The average Bonchev–Trinajstić information content (AvgIpc) is 2.83. The molecule has 157 valence electrons. The molecular formula is C25H16AsF5-. The van der Waals surface area contributed by atoms with Gasteiger partial charge in [0.15, 0.2) is 0 Å². The minimum atomic E-state index is -3.83. The molecule has 0 spiro atoms. The van der Waals surface area contributed by atoms with Crippen LogP contribution in [0.3, 0.4) is 0 Å². The zero-order valence-corrected chi connectivity index (χ0v) is 18.0. The number of rotatable bonds is 5. The monoisotopic (exact) mass is 486 g/mol. The maximum absolute atomic E-state index is 14.8. The van der Waals surface area contributed by atoms with Crippen molar-refractivity contribution >= 4 is 26.6 Å². The van der Waals surface area contributed by atoms with Gasteiger partial charge in [0.25, 0.3) is 0 Å². The van der Waals surface area contributed by atoms with Crippen molar-refractivity contribution in [2.75, 3.05) is 0 Å². The molecule has 0 amide bonds. The van der Waals surface area contributed by atoms with Gasteiger partial charge in [-0.3, -0.25) is 0 Å². The fraction of sp³-hybridized carbons (Fsp3) is 0. The van der Waals surface area contributed by atoms with Crippen molar-refractivity contribution in [3.63, 3.8) is 0 Å². The molecule has 0 aliphatic carbocycles. The van der Waals surface area contributed by atoms with Crippen molar-refractivity contribution < 1.29 is 22.0 Å². The van der Waals surface area contributed by atoms with Gasteiger partial charge in [-0.1, -0.05) is 0 Å². The van der Waals surface area contributed by atoms with Crippen molar-refractivity contribution in [3.05, 3.63) is 131 Å². The van der Waals surface area contributed by atoms with Crippen molar-refractivity contribution in [1.29, 1.82) is 0 Å². The molecule has 0 unspecified atom stereocenters. The predicted molar refractivity (Wildman–Crippen MR) is 114 cm³/mol. The Labute approximate surface area is 179 Å². The molecular weight excluding hydrogens is 470 g/mol. The second kappa shape index (κ2) is 8.60. The fourth-order valence-electron chi connectivity index (χ4n) is 3.59. The Hall–Kier alpha value is -3.04. The Bertz CT molecular complexity index is 1070. The van der Waals surface area contributed by atoms with Crippen LogP contribution < -0.4 is 13.1 Å². The van der Waals surface area contributed by atoms with Crippen LogP contribution in [0.1, 0.15) is 5.56 Å². The van der Waals surface area contributed by atoms with E-state index in [9.17, 15) is 22.0 Å². The summed E-state index contributed by atoms with van der Waals surface area (Å²) in [7, 11) is 0. The zero-order chi connectivity index (χ0) is 22.0. The summed E-state index contributed by atoms with van der Waals surface area (Å²) in [5, 5.41) is 1.29. The Morgan fingerprint density at radius 3 is 1.03 bits per heavy atom. The molecule has 4 rings (SSSR count). The maximum atomic E-state index is 14.8. The summed E-state index contributed by atoms with van der Waals surface area (Å²) < 4.78 is 73.6. The molecule has 0 bridgehead atoms. The van der Waals surface area contributed by atoms with Gasteiger partial charge in [0.2, 0.25) is 0 Å². The average molecular weight is 486 g/mol. The van der Waals surface area contributed by atoms with Crippen LogP contribution in [-0.4, -0.2) is 13.6 Å². The number of halogens is 5. The van der Waals surface area contributed by atoms with Gasteiger partial charge >= 0.3 is 179 Å². The molecule has 1 radical (unpaired) electrons. The van der Waals surface area contributed by atoms with Crippen LogP contribution in [0.5, 0.6) is 0 Å². The van der Waals surface area contributed by atoms with Crippen molar-refractivity contribution in [1.82, 2.24) is 0 Å². The summed E-state index contributed by atoms with van der Waals surface area (Å²) in [6, 6.07) is 27.2. The van der Waals surface area contributed by atoms with E-state index in [0.29, 0.717) is 0 Å². The van der Waals surface area contributed by atoms with E-state index in [2.05, 4.69) is 0 Å². The molecule has 6 heteroatoms. The Kier molecular flexibility index (Phi) is 5.88. The van der Waals surface area contributed by atoms with Gasteiger partial charge in [0.1, 0.15) is 0 Å². The van der Waals surface area contributed by atoms with Crippen LogP contribution in [0.25, 0.3) is 0 Å². The summed E-state index contributed by atoms with van der Waals surface area (Å²) >= 11 is -3.83. The van der Waals surface area contributed by atoms with E-state index in [4.69, 9.17) is 0 Å². The molecule has 0 nitrogen and oxygen atoms in total. The second-order valence-electron chi connectivity index (χ2n) is 6.84. The van der Waals surface area contributed by atoms with E-state index in [1.54, 1.807) is 36.4 Å². The normalized spacial score (nSPS) is 11.4. The molecule has 4 aromatic rings. The van der Waals surface area contributed by atoms with E-state index >= 15 is 0 Å². The summed E-state index contributed by atoms with van der Waals surface area (Å²) in [4.78, 5) is 0. The summed E-state index contributed by atoms with van der Waals surface area (Å²) in [6.07, 6.45) is 0. The first kappa shape index (κ1) is 21.2. The summed E-state index contributed by atoms with van der Waals surface area (Å²) in [5.41, 5.74) is -0.902. The Morgan fingerprint density at radius 1 is 0.419 bits per heavy atom. The van der Waals surface area contributed by atoms with Crippen molar-refractivity contribution in [2.45, 2.75) is 0 Å². The van der Waals surface area contributed by atoms with Crippen molar-refractivity contribution in [2.24, 2.45) is 0 Å². The van der Waals surface area contributed by atoms with E-state index in [-0.39, 0.29) is 0 Å². The standard InChI is InChI=1S/C25H16AsF5/c27-21-20(22(28)24(30)25(31)23(21)29)16-26(17-10-4-1-5-11-17,18-12-6-2-7-13-18)19-14-8-3-9-15-19/h1-16H/q-1. The van der Waals surface area contributed by atoms with E-state index in [0.717, 1.165) is 13.1 Å². The quantitative estimate of drug-likeness (QED) is 0.127. The van der Waals surface area contributed by atoms with Gasteiger partial charge in [-0.15, -0.1) is 0 Å². The third kappa shape index (κ3) is 3.64. The molecule has 31 heavy (non-hydrogen) atoms. The number of benzene rings is 4. The van der Waals surface area contributed by atoms with Gasteiger partial charge < -0.3 is 0 Å². The molecule has 0 aromatic heterocycles. The van der Waals surface area contributed by atoms with Gasteiger partial charge in [-0.05, 0) is 0 Å². The van der Waals surface area contributed by atoms with Crippen LogP contribution in [-0.2, 0) is 0 Å². The fourth-order valence-corrected chi connectivity index (χ4v) is 11.7. The SMILES string of the molecule is Fc1c(F)c(F)c([CH-][As](c2ccccc2)(c2ccccc2)c2ccccc2)c(F)c1F. The molecule has 0 atom stereocenters. The van der Waals surface area contributed by atoms with Crippen LogP contribution in [0.2, 0.25) is 0 Å². The number of hydrogen-bond acceptors (Lipinski definition) is 0. The summed E-state index contributed by atoms with van der Waals surface area (Å²) in [5.74, 6) is -9.72. The third-order valence-electron chi connectivity index (χ3n) is 5.06. The van der Waals surface area contributed by atoms with Crippen LogP contribution in [0.4, 0.5) is 22.0 Å². The second-order valence-corrected chi connectivity index (χ2v) is 13.7. The van der Waals surface area contributed by atoms with Gasteiger partial charge in [-0.25, -0.2) is 0 Å². The Morgan fingerprint density at radius 2 is 0.710 bits per heavy atom. The molecule has 0 fully saturated rings. The minimum absolute atomic E-state index is 0.780. The molecule has 0 aliphatic heterocycles. The van der Waals surface area contributed by atoms with Crippen molar-refractivity contribution in [3.8, 4) is 0 Å². The Balaban J connectivity index is 2.08.